The Morgan fingerprint density at radius 1 is 1.04 bits per heavy atom. The predicted octanol–water partition coefficient (Wildman–Crippen LogP) is 4.10. The van der Waals surface area contributed by atoms with E-state index in [9.17, 15) is 9.59 Å². The predicted molar refractivity (Wildman–Crippen MR) is 108 cm³/mol. The number of carbonyl (C=O) groups is 1. The lowest BCUT2D eigenvalue weighted by Crippen LogP contribution is -2.51. The molecule has 1 saturated heterocycles. The Morgan fingerprint density at radius 2 is 1.89 bits per heavy atom. The molecular weight excluding hydrogens is 356 g/mol. The van der Waals surface area contributed by atoms with Gasteiger partial charge in [-0.05, 0) is 42.7 Å². The number of nitrogens with zero attached hydrogens (tertiary/aromatic N) is 2. The van der Waals surface area contributed by atoms with Crippen LogP contribution in [0, 0.1) is 11.8 Å². The zero-order valence-electron chi connectivity index (χ0n) is 15.6. The van der Waals surface area contributed by atoms with E-state index in [0.717, 1.165) is 44.6 Å². The molecule has 2 aromatic rings. The highest BCUT2D eigenvalue weighted by molar-refractivity contribution is 7.13. The molecule has 2 atom stereocenters. The summed E-state index contributed by atoms with van der Waals surface area (Å²) in [6.45, 7) is 2.34. The lowest BCUT2D eigenvalue weighted by atomic mass is 9.80. The van der Waals surface area contributed by atoms with Crippen LogP contribution in [-0.2, 0) is 11.3 Å². The molecule has 2 fully saturated rings. The number of thiophene rings is 1. The highest BCUT2D eigenvalue weighted by Gasteiger charge is 2.39. The lowest BCUT2D eigenvalue weighted by molar-refractivity contribution is -0.139. The Kier molecular flexibility index (Phi) is 4.43. The zero-order chi connectivity index (χ0) is 18.4. The van der Waals surface area contributed by atoms with E-state index in [1.54, 1.807) is 17.4 Å². The molecule has 4 heterocycles. The number of aromatic nitrogens is 1. The van der Waals surface area contributed by atoms with E-state index in [1.165, 1.54) is 29.7 Å². The molecule has 1 amide bonds. The van der Waals surface area contributed by atoms with Gasteiger partial charge in [0.2, 0.25) is 5.91 Å². The maximum atomic E-state index is 13.1. The Bertz CT molecular complexity index is 896. The van der Waals surface area contributed by atoms with Crippen LogP contribution in [0.5, 0.6) is 0 Å². The number of carbonyl (C=O) groups excluding carboxylic acids is 1. The number of likely N-dealkylation sites (tertiary alicyclic amines) is 1. The normalized spacial score (nSPS) is 25.3. The van der Waals surface area contributed by atoms with E-state index < -0.39 is 0 Å². The molecule has 2 bridgehead atoms. The summed E-state index contributed by atoms with van der Waals surface area (Å²) in [7, 11) is 0. The van der Waals surface area contributed by atoms with Gasteiger partial charge in [0, 0.05) is 53.7 Å². The summed E-state index contributed by atoms with van der Waals surface area (Å²) in [6, 6.07) is 7.89. The second kappa shape index (κ2) is 6.93. The van der Waals surface area contributed by atoms with Crippen molar-refractivity contribution in [2.45, 2.75) is 51.0 Å². The molecule has 27 heavy (non-hydrogen) atoms. The van der Waals surface area contributed by atoms with Crippen molar-refractivity contribution in [3.05, 3.63) is 45.7 Å². The third-order valence-electron chi connectivity index (χ3n) is 6.64. The Labute approximate surface area is 163 Å². The number of amides is 1. The Morgan fingerprint density at radius 3 is 2.67 bits per heavy atom. The topological polar surface area (TPSA) is 42.3 Å². The molecule has 4 nitrogen and oxygen atoms in total. The number of hydrogen-bond donors (Lipinski definition) is 0. The average Bonchev–Trinajstić information content (AvgIpc) is 3.23. The number of fused-ring (bicyclic) bond motifs is 4. The van der Waals surface area contributed by atoms with Crippen molar-refractivity contribution in [2.24, 2.45) is 11.8 Å². The standard InChI is InChI=1S/C22H26N2O2S/c25-20-9-8-18(19-7-4-10-27-19)21-17-11-15(13-24(20)21)12-23(14-17)22(26)16-5-2-1-3-6-16/h4,7-10,15-17H,1-3,5-6,11-14H2/t15-,17+/m0/s1. The molecule has 3 aliphatic rings. The maximum absolute atomic E-state index is 13.1. The summed E-state index contributed by atoms with van der Waals surface area (Å²) >= 11 is 1.72. The largest absolute Gasteiger partial charge is 0.341 e. The summed E-state index contributed by atoms with van der Waals surface area (Å²) in [6.07, 6.45) is 6.86. The van der Waals surface area contributed by atoms with Gasteiger partial charge >= 0.3 is 0 Å². The van der Waals surface area contributed by atoms with Gasteiger partial charge in [-0.25, -0.2) is 0 Å². The smallest absolute Gasteiger partial charge is 0.250 e. The van der Waals surface area contributed by atoms with E-state index in [1.807, 2.05) is 10.6 Å². The molecule has 142 valence electrons. The Balaban J connectivity index is 1.49. The maximum Gasteiger partial charge on any atom is 0.250 e. The van der Waals surface area contributed by atoms with Crippen molar-refractivity contribution in [3.63, 3.8) is 0 Å². The van der Waals surface area contributed by atoms with Gasteiger partial charge in [0.05, 0.1) is 0 Å². The van der Waals surface area contributed by atoms with Crippen LogP contribution in [0.3, 0.4) is 0 Å². The molecular formula is C22H26N2O2S. The van der Waals surface area contributed by atoms with Crippen LogP contribution in [0.2, 0.25) is 0 Å². The van der Waals surface area contributed by atoms with E-state index in [-0.39, 0.29) is 17.4 Å². The molecule has 2 aromatic heterocycles. The van der Waals surface area contributed by atoms with Gasteiger partial charge < -0.3 is 9.47 Å². The first-order valence-electron chi connectivity index (χ1n) is 10.3. The van der Waals surface area contributed by atoms with Crippen LogP contribution in [-0.4, -0.2) is 28.5 Å². The van der Waals surface area contributed by atoms with Gasteiger partial charge in [0.25, 0.3) is 5.56 Å². The molecule has 0 unspecified atom stereocenters. The molecule has 2 aliphatic heterocycles. The van der Waals surface area contributed by atoms with Crippen molar-refractivity contribution >= 4 is 17.2 Å². The van der Waals surface area contributed by atoms with Gasteiger partial charge in [0.15, 0.2) is 0 Å². The first kappa shape index (κ1) is 17.2. The zero-order valence-corrected chi connectivity index (χ0v) is 16.4. The highest BCUT2D eigenvalue weighted by atomic mass is 32.1. The summed E-state index contributed by atoms with van der Waals surface area (Å²) in [4.78, 5) is 29.1. The first-order chi connectivity index (χ1) is 13.2. The number of hydrogen-bond acceptors (Lipinski definition) is 3. The van der Waals surface area contributed by atoms with Crippen molar-refractivity contribution in [2.75, 3.05) is 13.1 Å². The number of pyridine rings is 1. The summed E-state index contributed by atoms with van der Waals surface area (Å²) in [5.74, 6) is 1.28. The average molecular weight is 383 g/mol. The monoisotopic (exact) mass is 382 g/mol. The van der Waals surface area contributed by atoms with Crippen LogP contribution in [0.25, 0.3) is 10.4 Å². The van der Waals surface area contributed by atoms with E-state index in [0.29, 0.717) is 11.8 Å². The first-order valence-corrected chi connectivity index (χ1v) is 11.1. The van der Waals surface area contributed by atoms with Crippen LogP contribution < -0.4 is 5.56 Å². The minimum Gasteiger partial charge on any atom is -0.341 e. The molecule has 1 aliphatic carbocycles. The van der Waals surface area contributed by atoms with E-state index >= 15 is 0 Å². The van der Waals surface area contributed by atoms with Crippen LogP contribution in [0.15, 0.2) is 34.4 Å². The Hall–Kier alpha value is -1.88. The minimum absolute atomic E-state index is 0.104. The SMILES string of the molecule is O=C(C1CCCCC1)N1C[C@@H]2C[C@H](C1)c1c(-c3cccs3)ccc(=O)n1C2. The number of piperidine rings is 1. The van der Waals surface area contributed by atoms with Gasteiger partial charge in [-0.15, -0.1) is 11.3 Å². The second-order valence-electron chi connectivity index (χ2n) is 8.44. The highest BCUT2D eigenvalue weighted by Crippen LogP contribution is 2.41. The third-order valence-corrected chi connectivity index (χ3v) is 7.55. The molecule has 0 spiro atoms. The summed E-state index contributed by atoms with van der Waals surface area (Å²) < 4.78 is 2.00. The number of rotatable bonds is 2. The molecule has 1 saturated carbocycles. The van der Waals surface area contributed by atoms with Crippen molar-refractivity contribution in [1.82, 2.24) is 9.47 Å². The summed E-state index contributed by atoms with van der Waals surface area (Å²) in [5, 5.41) is 2.09. The fraction of sp³-hybridized carbons (Fsp3) is 0.545. The summed E-state index contributed by atoms with van der Waals surface area (Å²) in [5.41, 5.74) is 2.44. The third kappa shape index (κ3) is 3.06. The van der Waals surface area contributed by atoms with Crippen LogP contribution >= 0.6 is 11.3 Å². The van der Waals surface area contributed by atoms with Crippen molar-refractivity contribution in [1.29, 1.82) is 0 Å². The fourth-order valence-electron chi connectivity index (χ4n) is 5.44. The van der Waals surface area contributed by atoms with Gasteiger partial charge in [-0.3, -0.25) is 9.59 Å². The molecule has 0 radical (unpaired) electrons. The van der Waals surface area contributed by atoms with E-state index in [2.05, 4.69) is 22.4 Å². The molecule has 5 rings (SSSR count). The van der Waals surface area contributed by atoms with Gasteiger partial charge in [0.1, 0.15) is 0 Å². The second-order valence-corrected chi connectivity index (χ2v) is 9.38. The van der Waals surface area contributed by atoms with Crippen molar-refractivity contribution < 1.29 is 4.79 Å². The lowest BCUT2D eigenvalue weighted by Gasteiger charge is -2.44. The van der Waals surface area contributed by atoms with E-state index in [4.69, 9.17) is 0 Å². The quantitative estimate of drug-likeness (QED) is 0.785. The van der Waals surface area contributed by atoms with Crippen molar-refractivity contribution in [3.8, 4) is 10.4 Å². The van der Waals surface area contributed by atoms with Crippen LogP contribution in [0.1, 0.15) is 50.1 Å². The molecule has 0 N–H and O–H groups in total. The minimum atomic E-state index is 0.104. The fourth-order valence-corrected chi connectivity index (χ4v) is 6.20. The molecule has 0 aromatic carbocycles. The van der Waals surface area contributed by atoms with Gasteiger partial charge in [-0.1, -0.05) is 25.3 Å². The van der Waals surface area contributed by atoms with Crippen LogP contribution in [0.4, 0.5) is 0 Å². The van der Waals surface area contributed by atoms with Gasteiger partial charge in [-0.2, -0.15) is 0 Å². The molecule has 5 heteroatoms.